The van der Waals surface area contributed by atoms with E-state index in [0.717, 1.165) is 56.2 Å². The highest BCUT2D eigenvalue weighted by Gasteiger charge is 2.32. The van der Waals surface area contributed by atoms with Crippen molar-refractivity contribution in [3.05, 3.63) is 59.8 Å². The summed E-state index contributed by atoms with van der Waals surface area (Å²) >= 11 is 0. The first-order chi connectivity index (χ1) is 15.3. The van der Waals surface area contributed by atoms with Crippen LogP contribution in [-0.4, -0.2) is 60.9 Å². The maximum Gasteiger partial charge on any atom is 0.218 e. The molecule has 2 aliphatic heterocycles. The zero-order valence-electron chi connectivity index (χ0n) is 18.2. The van der Waals surface area contributed by atoms with Crippen molar-refractivity contribution in [3.8, 4) is 5.88 Å². The Labute approximate surface area is 184 Å². The molecule has 1 aromatic heterocycles. The summed E-state index contributed by atoms with van der Waals surface area (Å²) in [6.07, 6.45) is 4.24. The van der Waals surface area contributed by atoms with Crippen molar-refractivity contribution < 1.29 is 14.2 Å². The minimum absolute atomic E-state index is 0.100. The Kier molecular flexibility index (Phi) is 7.74. The van der Waals surface area contributed by atoms with Crippen molar-refractivity contribution in [1.82, 2.24) is 15.2 Å². The Hall–Kier alpha value is -2.64. The van der Waals surface area contributed by atoms with Gasteiger partial charge in [-0.05, 0) is 31.4 Å². The first-order valence-corrected chi connectivity index (χ1v) is 11.2. The van der Waals surface area contributed by atoms with E-state index in [0.29, 0.717) is 25.6 Å². The smallest absolute Gasteiger partial charge is 0.218 e. The second-order valence-electron chi connectivity index (χ2n) is 7.82. The SMILES string of the molecule is CCNC(=NCc1cccnc1OCc1ccccc1)N1CCOC(C2CCCO2)C1. The summed E-state index contributed by atoms with van der Waals surface area (Å²) in [7, 11) is 0. The molecule has 2 aliphatic rings. The number of benzene rings is 1. The van der Waals surface area contributed by atoms with Crippen molar-refractivity contribution >= 4 is 5.96 Å². The van der Waals surface area contributed by atoms with Gasteiger partial charge < -0.3 is 24.4 Å². The maximum absolute atomic E-state index is 6.00. The van der Waals surface area contributed by atoms with Gasteiger partial charge in [0.1, 0.15) is 12.7 Å². The highest BCUT2D eigenvalue weighted by Crippen LogP contribution is 2.22. The summed E-state index contributed by atoms with van der Waals surface area (Å²) in [4.78, 5) is 11.6. The standard InChI is InChI=1S/C24H32N4O3/c1-2-25-24(28-13-15-30-22(17-28)21-11-7-14-29-21)27-16-20-10-6-12-26-23(20)31-18-19-8-4-3-5-9-19/h3-6,8-10,12,21-22H,2,7,11,13-18H2,1H3,(H,25,27). The van der Waals surface area contributed by atoms with Crippen LogP contribution < -0.4 is 10.1 Å². The molecule has 2 saturated heterocycles. The van der Waals surface area contributed by atoms with Crippen LogP contribution in [0.15, 0.2) is 53.7 Å². The molecule has 7 heteroatoms. The van der Waals surface area contributed by atoms with Crippen LogP contribution in [0.25, 0.3) is 0 Å². The van der Waals surface area contributed by atoms with Crippen molar-refractivity contribution in [1.29, 1.82) is 0 Å². The molecule has 0 aliphatic carbocycles. The van der Waals surface area contributed by atoms with Gasteiger partial charge in [0.15, 0.2) is 5.96 Å². The molecule has 0 amide bonds. The zero-order valence-corrected chi connectivity index (χ0v) is 18.2. The Morgan fingerprint density at radius 1 is 1.16 bits per heavy atom. The predicted octanol–water partition coefficient (Wildman–Crippen LogP) is 3.01. The highest BCUT2D eigenvalue weighted by molar-refractivity contribution is 5.80. The highest BCUT2D eigenvalue weighted by atomic mass is 16.5. The van der Waals surface area contributed by atoms with E-state index in [4.69, 9.17) is 19.2 Å². The summed E-state index contributed by atoms with van der Waals surface area (Å²) in [6.45, 7) is 7.03. The summed E-state index contributed by atoms with van der Waals surface area (Å²) in [5, 5.41) is 3.43. The molecule has 0 saturated carbocycles. The van der Waals surface area contributed by atoms with Gasteiger partial charge in [0.05, 0.1) is 19.3 Å². The van der Waals surface area contributed by atoms with Gasteiger partial charge in [-0.2, -0.15) is 0 Å². The average molecular weight is 425 g/mol. The van der Waals surface area contributed by atoms with Gasteiger partial charge in [0.2, 0.25) is 5.88 Å². The van der Waals surface area contributed by atoms with Crippen LogP contribution >= 0.6 is 0 Å². The van der Waals surface area contributed by atoms with E-state index < -0.39 is 0 Å². The summed E-state index contributed by atoms with van der Waals surface area (Å²) in [6, 6.07) is 14.1. The van der Waals surface area contributed by atoms with Crippen LogP contribution in [-0.2, 0) is 22.6 Å². The number of hydrogen-bond acceptors (Lipinski definition) is 5. The molecule has 2 unspecified atom stereocenters. The van der Waals surface area contributed by atoms with Crippen LogP contribution in [0.4, 0.5) is 0 Å². The third-order valence-corrected chi connectivity index (χ3v) is 5.57. The van der Waals surface area contributed by atoms with Gasteiger partial charge in [0, 0.05) is 38.0 Å². The summed E-state index contributed by atoms with van der Waals surface area (Å²) in [5.74, 6) is 1.52. The lowest BCUT2D eigenvalue weighted by atomic mass is 10.1. The molecular weight excluding hydrogens is 392 g/mol. The van der Waals surface area contributed by atoms with E-state index in [2.05, 4.69) is 22.1 Å². The molecule has 7 nitrogen and oxygen atoms in total. The molecule has 3 heterocycles. The molecule has 2 aromatic rings. The molecule has 2 atom stereocenters. The molecule has 1 N–H and O–H groups in total. The molecule has 4 rings (SSSR count). The molecule has 2 fully saturated rings. The number of guanidine groups is 1. The van der Waals surface area contributed by atoms with Gasteiger partial charge in [-0.3, -0.25) is 0 Å². The Balaban J connectivity index is 1.42. The number of ether oxygens (including phenoxy) is 3. The average Bonchev–Trinajstić information content (AvgIpc) is 3.37. The zero-order chi connectivity index (χ0) is 21.3. The second kappa shape index (κ2) is 11.1. The van der Waals surface area contributed by atoms with Gasteiger partial charge in [-0.15, -0.1) is 0 Å². The number of rotatable bonds is 7. The van der Waals surface area contributed by atoms with Crippen LogP contribution in [0, 0.1) is 0 Å². The largest absolute Gasteiger partial charge is 0.473 e. The molecule has 0 radical (unpaired) electrons. The van der Waals surface area contributed by atoms with E-state index in [-0.39, 0.29) is 12.2 Å². The van der Waals surface area contributed by atoms with E-state index in [1.54, 1.807) is 6.20 Å². The minimum Gasteiger partial charge on any atom is -0.473 e. The van der Waals surface area contributed by atoms with Crippen LogP contribution in [0.2, 0.25) is 0 Å². The number of morpholine rings is 1. The number of pyridine rings is 1. The van der Waals surface area contributed by atoms with Gasteiger partial charge in [-0.1, -0.05) is 36.4 Å². The third kappa shape index (κ3) is 5.95. The molecule has 31 heavy (non-hydrogen) atoms. The molecule has 166 valence electrons. The number of nitrogens with one attached hydrogen (secondary N) is 1. The van der Waals surface area contributed by atoms with Crippen molar-refractivity contribution in [2.24, 2.45) is 4.99 Å². The Bertz CT molecular complexity index is 840. The number of aromatic nitrogens is 1. The fraction of sp³-hybridized carbons (Fsp3) is 0.500. The fourth-order valence-corrected chi connectivity index (χ4v) is 3.97. The normalized spacial score (nSPS) is 21.8. The topological polar surface area (TPSA) is 68.2 Å². The Morgan fingerprint density at radius 3 is 2.84 bits per heavy atom. The quantitative estimate of drug-likeness (QED) is 0.544. The minimum atomic E-state index is 0.100. The first-order valence-electron chi connectivity index (χ1n) is 11.2. The summed E-state index contributed by atoms with van der Waals surface area (Å²) < 4.78 is 17.8. The lowest BCUT2D eigenvalue weighted by Gasteiger charge is -2.37. The van der Waals surface area contributed by atoms with Crippen LogP contribution in [0.1, 0.15) is 30.9 Å². The van der Waals surface area contributed by atoms with Crippen LogP contribution in [0.3, 0.4) is 0 Å². The van der Waals surface area contributed by atoms with Crippen molar-refractivity contribution in [3.63, 3.8) is 0 Å². The molecular formula is C24H32N4O3. The van der Waals surface area contributed by atoms with Gasteiger partial charge in [0.25, 0.3) is 0 Å². The second-order valence-corrected chi connectivity index (χ2v) is 7.82. The third-order valence-electron chi connectivity index (χ3n) is 5.57. The summed E-state index contributed by atoms with van der Waals surface area (Å²) in [5.41, 5.74) is 2.09. The monoisotopic (exact) mass is 424 g/mol. The molecule has 0 spiro atoms. The van der Waals surface area contributed by atoms with Gasteiger partial charge in [-0.25, -0.2) is 9.98 Å². The van der Waals surface area contributed by atoms with Crippen molar-refractivity contribution in [2.45, 2.75) is 45.1 Å². The fourth-order valence-electron chi connectivity index (χ4n) is 3.97. The number of hydrogen-bond donors (Lipinski definition) is 1. The molecule has 0 bridgehead atoms. The number of aliphatic imine (C=N–C) groups is 1. The lowest BCUT2D eigenvalue weighted by Crippen LogP contribution is -2.53. The van der Waals surface area contributed by atoms with Gasteiger partial charge >= 0.3 is 0 Å². The van der Waals surface area contributed by atoms with E-state index in [1.165, 1.54) is 0 Å². The maximum atomic E-state index is 6.00. The lowest BCUT2D eigenvalue weighted by molar-refractivity contribution is -0.0817. The predicted molar refractivity (Wildman–Crippen MR) is 120 cm³/mol. The van der Waals surface area contributed by atoms with Crippen molar-refractivity contribution in [2.75, 3.05) is 32.8 Å². The van der Waals surface area contributed by atoms with E-state index >= 15 is 0 Å². The van der Waals surface area contributed by atoms with Crippen LogP contribution in [0.5, 0.6) is 5.88 Å². The molecule has 1 aromatic carbocycles. The van der Waals surface area contributed by atoms with E-state index in [9.17, 15) is 0 Å². The first kappa shape index (κ1) is 21.6. The number of nitrogens with zero attached hydrogens (tertiary/aromatic N) is 3. The Morgan fingerprint density at radius 2 is 2.03 bits per heavy atom. The van der Waals surface area contributed by atoms with E-state index in [1.807, 2.05) is 42.5 Å².